The molecular formula is C24H29N3O4. The number of rotatable bonds is 5. The average Bonchev–Trinajstić information content (AvgIpc) is 2.82. The third-order valence-electron chi connectivity index (χ3n) is 5.97. The Hall–Kier alpha value is -3.06. The van der Waals surface area contributed by atoms with Gasteiger partial charge >= 0.3 is 0 Å². The molecule has 2 amide bonds. The molecule has 7 heteroatoms. The highest BCUT2D eigenvalue weighted by atomic mass is 16.5. The number of hydrogen-bond donors (Lipinski definition) is 1. The van der Waals surface area contributed by atoms with Gasteiger partial charge < -0.3 is 24.6 Å². The van der Waals surface area contributed by atoms with Gasteiger partial charge in [-0.25, -0.2) is 0 Å². The molecular weight excluding hydrogens is 394 g/mol. The monoisotopic (exact) mass is 423 g/mol. The number of carbonyl (C=O) groups excluding carboxylic acids is 2. The Labute approximate surface area is 182 Å². The Morgan fingerprint density at radius 3 is 2.71 bits per heavy atom. The largest absolute Gasteiger partial charge is 0.495 e. The van der Waals surface area contributed by atoms with E-state index in [0.717, 1.165) is 18.5 Å². The van der Waals surface area contributed by atoms with Crippen molar-refractivity contribution < 1.29 is 19.1 Å². The van der Waals surface area contributed by atoms with Crippen LogP contribution in [-0.2, 0) is 16.0 Å². The Morgan fingerprint density at radius 1 is 1.16 bits per heavy atom. The first kappa shape index (κ1) is 21.2. The first-order chi connectivity index (χ1) is 15.1. The van der Waals surface area contributed by atoms with Gasteiger partial charge in [-0.15, -0.1) is 0 Å². The van der Waals surface area contributed by atoms with Crippen molar-refractivity contribution in [1.29, 1.82) is 0 Å². The highest BCUT2D eigenvalue weighted by Gasteiger charge is 2.28. The maximum absolute atomic E-state index is 13.1. The van der Waals surface area contributed by atoms with Gasteiger partial charge in [0, 0.05) is 30.4 Å². The van der Waals surface area contributed by atoms with E-state index in [1.807, 2.05) is 23.1 Å². The van der Waals surface area contributed by atoms with Gasteiger partial charge in [0.25, 0.3) is 5.91 Å². The lowest BCUT2D eigenvalue weighted by Gasteiger charge is -2.35. The number of benzene rings is 2. The van der Waals surface area contributed by atoms with Gasteiger partial charge in [0.15, 0.2) is 0 Å². The van der Waals surface area contributed by atoms with Gasteiger partial charge in [0.05, 0.1) is 32.6 Å². The first-order valence-electron chi connectivity index (χ1n) is 10.8. The quantitative estimate of drug-likeness (QED) is 0.801. The Bertz CT molecular complexity index is 956. The van der Waals surface area contributed by atoms with Gasteiger partial charge in [0.2, 0.25) is 5.91 Å². The Morgan fingerprint density at radius 2 is 1.94 bits per heavy atom. The molecule has 2 aromatic carbocycles. The number of nitrogens with one attached hydrogen (secondary N) is 1. The summed E-state index contributed by atoms with van der Waals surface area (Å²) in [5.74, 6) is 0.545. The normalized spacial score (nSPS) is 18.3. The van der Waals surface area contributed by atoms with E-state index in [9.17, 15) is 9.59 Å². The molecule has 1 saturated heterocycles. The summed E-state index contributed by atoms with van der Waals surface area (Å²) in [6, 6.07) is 13.5. The number of methoxy groups -OCH3 is 1. The predicted octanol–water partition coefficient (Wildman–Crippen LogP) is 2.95. The molecule has 0 bridgehead atoms. The van der Waals surface area contributed by atoms with Crippen LogP contribution < -0.4 is 15.0 Å². The predicted molar refractivity (Wildman–Crippen MR) is 120 cm³/mol. The number of aryl methyl sites for hydroxylation is 1. The van der Waals surface area contributed by atoms with Gasteiger partial charge in [-0.1, -0.05) is 18.2 Å². The van der Waals surface area contributed by atoms with E-state index in [4.69, 9.17) is 9.47 Å². The fourth-order valence-corrected chi connectivity index (χ4v) is 4.25. The molecule has 1 atom stereocenters. The number of nitrogens with zero attached hydrogens (tertiary/aromatic N) is 2. The number of ether oxygens (including phenoxy) is 2. The van der Waals surface area contributed by atoms with Crippen LogP contribution in [0.15, 0.2) is 42.5 Å². The molecule has 2 aliphatic heterocycles. The SMILES string of the molecule is COc1ccc(C(=O)N2CCOCC2)cc1NCC(=O)N1c2ccccc2CCC1C. The van der Waals surface area contributed by atoms with Crippen LogP contribution in [0.3, 0.4) is 0 Å². The van der Waals surface area contributed by atoms with Crippen LogP contribution in [0.1, 0.15) is 29.3 Å². The van der Waals surface area contributed by atoms with Crippen molar-refractivity contribution in [2.45, 2.75) is 25.8 Å². The van der Waals surface area contributed by atoms with Crippen molar-refractivity contribution in [2.75, 3.05) is 50.2 Å². The smallest absolute Gasteiger partial charge is 0.254 e. The van der Waals surface area contributed by atoms with Crippen LogP contribution in [0.2, 0.25) is 0 Å². The van der Waals surface area contributed by atoms with Crippen LogP contribution in [0.25, 0.3) is 0 Å². The van der Waals surface area contributed by atoms with Crippen molar-refractivity contribution >= 4 is 23.2 Å². The number of anilines is 2. The Balaban J connectivity index is 1.50. The summed E-state index contributed by atoms with van der Waals surface area (Å²) in [4.78, 5) is 29.6. The zero-order valence-electron chi connectivity index (χ0n) is 18.1. The van der Waals surface area contributed by atoms with E-state index in [-0.39, 0.29) is 24.4 Å². The molecule has 31 heavy (non-hydrogen) atoms. The number of fused-ring (bicyclic) bond motifs is 1. The van der Waals surface area contributed by atoms with E-state index in [1.54, 1.807) is 30.2 Å². The number of para-hydroxylation sites is 1. The molecule has 4 rings (SSSR count). The third-order valence-corrected chi connectivity index (χ3v) is 5.97. The molecule has 0 spiro atoms. The molecule has 1 N–H and O–H groups in total. The number of hydrogen-bond acceptors (Lipinski definition) is 5. The number of amides is 2. The lowest BCUT2D eigenvalue weighted by atomic mass is 9.96. The van der Waals surface area contributed by atoms with Gasteiger partial charge in [-0.2, -0.15) is 0 Å². The molecule has 2 aliphatic rings. The average molecular weight is 424 g/mol. The second-order valence-electron chi connectivity index (χ2n) is 7.95. The molecule has 2 aromatic rings. The summed E-state index contributed by atoms with van der Waals surface area (Å²) in [5, 5.41) is 3.20. The molecule has 0 aliphatic carbocycles. The van der Waals surface area contributed by atoms with Crippen molar-refractivity contribution in [3.8, 4) is 5.75 Å². The van der Waals surface area contributed by atoms with Gasteiger partial charge in [0.1, 0.15) is 5.75 Å². The molecule has 0 radical (unpaired) electrons. The van der Waals surface area contributed by atoms with Crippen LogP contribution >= 0.6 is 0 Å². The zero-order chi connectivity index (χ0) is 21.8. The highest BCUT2D eigenvalue weighted by molar-refractivity contribution is 5.99. The molecule has 7 nitrogen and oxygen atoms in total. The van der Waals surface area contributed by atoms with Crippen LogP contribution in [0.4, 0.5) is 11.4 Å². The highest BCUT2D eigenvalue weighted by Crippen LogP contribution is 2.31. The fourth-order valence-electron chi connectivity index (χ4n) is 4.25. The van der Waals surface area contributed by atoms with Crippen LogP contribution in [-0.4, -0.2) is 62.7 Å². The summed E-state index contributed by atoms with van der Waals surface area (Å²) in [6.07, 6.45) is 1.92. The van der Waals surface area contributed by atoms with Crippen molar-refractivity contribution in [1.82, 2.24) is 4.90 Å². The Kier molecular flexibility index (Phi) is 6.42. The maximum atomic E-state index is 13.1. The minimum Gasteiger partial charge on any atom is -0.495 e. The van der Waals surface area contributed by atoms with Crippen LogP contribution in [0, 0.1) is 0 Å². The fraction of sp³-hybridized carbons (Fsp3) is 0.417. The van der Waals surface area contributed by atoms with Crippen LogP contribution in [0.5, 0.6) is 5.75 Å². The number of carbonyl (C=O) groups is 2. The summed E-state index contributed by atoms with van der Waals surface area (Å²) in [6.45, 7) is 4.46. The minimum absolute atomic E-state index is 0.00777. The lowest BCUT2D eigenvalue weighted by Crippen LogP contribution is -2.44. The summed E-state index contributed by atoms with van der Waals surface area (Å²) < 4.78 is 10.8. The molecule has 2 heterocycles. The second kappa shape index (κ2) is 9.39. The van der Waals surface area contributed by atoms with E-state index in [0.29, 0.717) is 43.3 Å². The van der Waals surface area contributed by atoms with Crippen molar-refractivity contribution in [2.24, 2.45) is 0 Å². The molecule has 164 valence electrons. The lowest BCUT2D eigenvalue weighted by molar-refractivity contribution is -0.117. The van der Waals surface area contributed by atoms with Gasteiger partial charge in [-0.3, -0.25) is 9.59 Å². The second-order valence-corrected chi connectivity index (χ2v) is 7.95. The molecule has 1 fully saturated rings. The summed E-state index contributed by atoms with van der Waals surface area (Å²) in [7, 11) is 1.58. The number of morpholine rings is 1. The minimum atomic E-state index is -0.0427. The van der Waals surface area contributed by atoms with E-state index in [1.165, 1.54) is 5.56 Å². The van der Waals surface area contributed by atoms with E-state index < -0.39 is 0 Å². The zero-order valence-corrected chi connectivity index (χ0v) is 18.1. The van der Waals surface area contributed by atoms with Crippen molar-refractivity contribution in [3.05, 3.63) is 53.6 Å². The molecule has 1 unspecified atom stereocenters. The maximum Gasteiger partial charge on any atom is 0.254 e. The first-order valence-corrected chi connectivity index (χ1v) is 10.8. The summed E-state index contributed by atoms with van der Waals surface area (Å²) in [5.41, 5.74) is 3.38. The standard InChI is InChI=1S/C24H29N3O4/c1-17-7-8-18-5-3-4-6-21(18)27(17)23(28)16-25-20-15-19(9-10-22(20)30-2)24(29)26-11-13-31-14-12-26/h3-6,9-10,15,17,25H,7-8,11-14,16H2,1-2H3. The third kappa shape index (κ3) is 4.51. The van der Waals surface area contributed by atoms with E-state index in [2.05, 4.69) is 18.3 Å². The van der Waals surface area contributed by atoms with Gasteiger partial charge in [-0.05, 0) is 49.6 Å². The molecule has 0 saturated carbocycles. The van der Waals surface area contributed by atoms with Crippen molar-refractivity contribution in [3.63, 3.8) is 0 Å². The molecule has 0 aromatic heterocycles. The summed E-state index contributed by atoms with van der Waals surface area (Å²) >= 11 is 0. The van der Waals surface area contributed by atoms with E-state index >= 15 is 0 Å². The topological polar surface area (TPSA) is 71.1 Å².